The summed E-state index contributed by atoms with van der Waals surface area (Å²) in [5.41, 5.74) is 2.90. The number of ether oxygens (including phenoxy) is 2. The van der Waals surface area contributed by atoms with Crippen molar-refractivity contribution in [1.29, 1.82) is 5.26 Å². The molecule has 0 saturated heterocycles. The molecule has 2 aromatic rings. The first-order valence-electron chi connectivity index (χ1n) is 7.17. The summed E-state index contributed by atoms with van der Waals surface area (Å²) in [7, 11) is 3.30. The van der Waals surface area contributed by atoms with Gasteiger partial charge in [0.1, 0.15) is 11.5 Å². The van der Waals surface area contributed by atoms with Gasteiger partial charge in [0.15, 0.2) is 0 Å². The average molecular weight is 296 g/mol. The lowest BCUT2D eigenvalue weighted by atomic mass is 10.1. The zero-order chi connectivity index (χ0) is 15.8. The minimum absolute atomic E-state index is 0.616. The Bertz CT molecular complexity index is 662. The third-order valence-electron chi connectivity index (χ3n) is 3.45. The van der Waals surface area contributed by atoms with E-state index < -0.39 is 0 Å². The van der Waals surface area contributed by atoms with Crippen molar-refractivity contribution in [2.24, 2.45) is 0 Å². The first-order valence-corrected chi connectivity index (χ1v) is 7.17. The van der Waals surface area contributed by atoms with Crippen molar-refractivity contribution >= 4 is 0 Å². The Kier molecular flexibility index (Phi) is 5.81. The predicted molar refractivity (Wildman–Crippen MR) is 86.1 cm³/mol. The number of rotatable bonds is 7. The predicted octanol–water partition coefficient (Wildman–Crippen LogP) is 2.91. The highest BCUT2D eigenvalue weighted by atomic mass is 16.5. The van der Waals surface area contributed by atoms with E-state index in [0.717, 1.165) is 36.6 Å². The Morgan fingerprint density at radius 3 is 2.68 bits per heavy atom. The van der Waals surface area contributed by atoms with Crippen LogP contribution in [0.25, 0.3) is 0 Å². The maximum atomic E-state index is 8.90. The van der Waals surface area contributed by atoms with Crippen molar-refractivity contribution < 1.29 is 9.47 Å². The lowest BCUT2D eigenvalue weighted by Gasteiger charge is -2.10. The molecule has 0 radical (unpaired) electrons. The van der Waals surface area contributed by atoms with E-state index >= 15 is 0 Å². The highest BCUT2D eigenvalue weighted by molar-refractivity contribution is 5.42. The number of nitrogens with one attached hydrogen (secondary N) is 1. The molecule has 0 amide bonds. The molecule has 0 aromatic heterocycles. The fraction of sp³-hybridized carbons (Fsp3) is 0.278. The second-order valence-electron chi connectivity index (χ2n) is 4.92. The zero-order valence-electron chi connectivity index (χ0n) is 12.9. The molecule has 2 rings (SSSR count). The summed E-state index contributed by atoms with van der Waals surface area (Å²) in [4.78, 5) is 0. The van der Waals surface area contributed by atoms with Crippen molar-refractivity contribution in [3.63, 3.8) is 0 Å². The highest BCUT2D eigenvalue weighted by Gasteiger charge is 2.04. The van der Waals surface area contributed by atoms with Crippen LogP contribution in [0.1, 0.15) is 16.7 Å². The maximum Gasteiger partial charge on any atom is 0.123 e. The van der Waals surface area contributed by atoms with Crippen LogP contribution in [0.15, 0.2) is 42.5 Å². The summed E-state index contributed by atoms with van der Waals surface area (Å²) in [5, 5.41) is 12.3. The normalized spacial score (nSPS) is 10.0. The van der Waals surface area contributed by atoms with Gasteiger partial charge in [0.2, 0.25) is 0 Å². The number of benzene rings is 2. The topological polar surface area (TPSA) is 54.3 Å². The first kappa shape index (κ1) is 15.9. The number of hydrogen-bond donors (Lipinski definition) is 1. The van der Waals surface area contributed by atoms with Crippen molar-refractivity contribution in [3.05, 3.63) is 59.2 Å². The zero-order valence-corrected chi connectivity index (χ0v) is 12.9. The highest BCUT2D eigenvalue weighted by Crippen LogP contribution is 2.20. The molecular weight excluding hydrogens is 276 g/mol. The van der Waals surface area contributed by atoms with Gasteiger partial charge < -0.3 is 14.8 Å². The van der Waals surface area contributed by atoms with Crippen LogP contribution in [0.2, 0.25) is 0 Å². The van der Waals surface area contributed by atoms with Gasteiger partial charge in [-0.2, -0.15) is 5.26 Å². The molecule has 114 valence electrons. The van der Waals surface area contributed by atoms with Crippen molar-refractivity contribution in [2.75, 3.05) is 20.8 Å². The van der Waals surface area contributed by atoms with Crippen LogP contribution in [0.3, 0.4) is 0 Å². The minimum atomic E-state index is 0.616. The molecule has 0 heterocycles. The third-order valence-corrected chi connectivity index (χ3v) is 3.45. The van der Waals surface area contributed by atoms with Gasteiger partial charge in [-0.15, -0.1) is 0 Å². The van der Waals surface area contributed by atoms with Crippen LogP contribution in [0.4, 0.5) is 0 Å². The minimum Gasteiger partial charge on any atom is -0.497 e. The second kappa shape index (κ2) is 8.06. The second-order valence-corrected chi connectivity index (χ2v) is 4.92. The molecule has 0 atom stereocenters. The number of hydrogen-bond acceptors (Lipinski definition) is 4. The third kappa shape index (κ3) is 4.24. The first-order chi connectivity index (χ1) is 10.8. The molecule has 0 spiro atoms. The summed E-state index contributed by atoms with van der Waals surface area (Å²) in [6.45, 7) is 1.62. The Morgan fingerprint density at radius 1 is 1.09 bits per heavy atom. The molecule has 0 fully saturated rings. The molecule has 4 heteroatoms. The summed E-state index contributed by atoms with van der Waals surface area (Å²) < 4.78 is 10.5. The molecule has 0 aliphatic rings. The maximum absolute atomic E-state index is 8.90. The van der Waals surface area contributed by atoms with Crippen LogP contribution >= 0.6 is 0 Å². The number of nitriles is 1. The van der Waals surface area contributed by atoms with E-state index in [1.165, 1.54) is 5.56 Å². The van der Waals surface area contributed by atoms with Crippen molar-refractivity contribution in [1.82, 2.24) is 5.32 Å². The molecule has 22 heavy (non-hydrogen) atoms. The molecule has 0 saturated carbocycles. The Morgan fingerprint density at radius 2 is 1.95 bits per heavy atom. The monoisotopic (exact) mass is 296 g/mol. The fourth-order valence-electron chi connectivity index (χ4n) is 2.26. The van der Waals surface area contributed by atoms with Crippen LogP contribution in [0, 0.1) is 11.3 Å². The summed E-state index contributed by atoms with van der Waals surface area (Å²) in [6, 6.07) is 15.7. The van der Waals surface area contributed by atoms with Crippen LogP contribution < -0.4 is 14.8 Å². The Hall–Kier alpha value is -2.51. The van der Waals surface area contributed by atoms with Gasteiger partial charge in [0.05, 0.1) is 25.9 Å². The summed E-state index contributed by atoms with van der Waals surface area (Å²) in [6.07, 6.45) is 0.846. The fourth-order valence-corrected chi connectivity index (χ4v) is 2.26. The lowest BCUT2D eigenvalue weighted by Crippen LogP contribution is -2.17. The molecule has 0 aliphatic heterocycles. The Labute approximate surface area is 131 Å². The lowest BCUT2D eigenvalue weighted by molar-refractivity contribution is 0.409. The Balaban J connectivity index is 1.87. The largest absolute Gasteiger partial charge is 0.497 e. The van der Waals surface area contributed by atoms with E-state index in [4.69, 9.17) is 14.7 Å². The summed E-state index contributed by atoms with van der Waals surface area (Å²) >= 11 is 0. The van der Waals surface area contributed by atoms with E-state index in [2.05, 4.69) is 17.5 Å². The molecular formula is C18H20N2O2. The molecule has 2 aromatic carbocycles. The van der Waals surface area contributed by atoms with Gasteiger partial charge in [-0.05, 0) is 48.4 Å². The smallest absolute Gasteiger partial charge is 0.123 e. The van der Waals surface area contributed by atoms with Crippen molar-refractivity contribution in [3.8, 4) is 17.6 Å². The van der Waals surface area contributed by atoms with E-state index in [0.29, 0.717) is 5.56 Å². The van der Waals surface area contributed by atoms with Gasteiger partial charge in [-0.3, -0.25) is 0 Å². The van der Waals surface area contributed by atoms with Gasteiger partial charge in [-0.25, -0.2) is 0 Å². The van der Waals surface area contributed by atoms with Crippen LogP contribution in [-0.2, 0) is 13.0 Å². The van der Waals surface area contributed by atoms with E-state index in [9.17, 15) is 0 Å². The van der Waals surface area contributed by atoms with Crippen LogP contribution in [0.5, 0.6) is 11.5 Å². The molecule has 0 unspecified atom stereocenters. The van der Waals surface area contributed by atoms with Gasteiger partial charge in [0.25, 0.3) is 0 Å². The number of methoxy groups -OCH3 is 2. The van der Waals surface area contributed by atoms with Crippen LogP contribution in [-0.4, -0.2) is 20.8 Å². The van der Waals surface area contributed by atoms with Gasteiger partial charge >= 0.3 is 0 Å². The van der Waals surface area contributed by atoms with Crippen molar-refractivity contribution in [2.45, 2.75) is 13.0 Å². The molecule has 0 aliphatic carbocycles. The van der Waals surface area contributed by atoms with Gasteiger partial charge in [-0.1, -0.05) is 18.2 Å². The summed E-state index contributed by atoms with van der Waals surface area (Å²) in [5.74, 6) is 1.63. The quantitative estimate of drug-likeness (QED) is 0.798. The van der Waals surface area contributed by atoms with E-state index in [-0.39, 0.29) is 0 Å². The molecule has 4 nitrogen and oxygen atoms in total. The van der Waals surface area contributed by atoms with E-state index in [1.54, 1.807) is 20.3 Å². The standard InChI is InChI=1S/C18H20N2O2/c1-21-17-5-3-4-15(10-17)13-20-9-8-16-7-6-14(12-19)11-18(16)22-2/h3-7,10-11,20H,8-9,13H2,1-2H3. The average Bonchev–Trinajstić information content (AvgIpc) is 2.58. The number of nitrogens with zero attached hydrogens (tertiary/aromatic N) is 1. The SMILES string of the molecule is COc1cccc(CNCCc2ccc(C#N)cc2OC)c1. The van der Waals surface area contributed by atoms with Gasteiger partial charge in [0, 0.05) is 6.54 Å². The molecule has 0 bridgehead atoms. The van der Waals surface area contributed by atoms with E-state index in [1.807, 2.05) is 30.3 Å². The molecule has 1 N–H and O–H groups in total.